The molecule has 0 fully saturated rings. The van der Waals surface area contributed by atoms with Crippen LogP contribution in [0.5, 0.6) is 0 Å². The number of halogens is 1. The summed E-state index contributed by atoms with van der Waals surface area (Å²) < 4.78 is 18.0. The summed E-state index contributed by atoms with van der Waals surface area (Å²) in [5, 5.41) is 6.88. The van der Waals surface area contributed by atoms with Crippen molar-refractivity contribution < 1.29 is 9.13 Å². The van der Waals surface area contributed by atoms with Crippen LogP contribution in [0, 0.1) is 5.82 Å². The van der Waals surface area contributed by atoms with Gasteiger partial charge in [-0.05, 0) is 55.5 Å². The first-order valence-electron chi connectivity index (χ1n) is 7.01. The second kappa shape index (κ2) is 11.1. The van der Waals surface area contributed by atoms with Crippen molar-refractivity contribution in [1.29, 1.82) is 0 Å². The van der Waals surface area contributed by atoms with Crippen molar-refractivity contribution in [3.05, 3.63) is 35.6 Å². The summed E-state index contributed by atoms with van der Waals surface area (Å²) in [7, 11) is 0. The topological polar surface area (TPSA) is 57.4 Å². The number of nitrogens with one attached hydrogen (secondary N) is 4. The van der Waals surface area contributed by atoms with Crippen molar-refractivity contribution in [1.82, 2.24) is 21.5 Å². The van der Waals surface area contributed by atoms with Gasteiger partial charge in [0.2, 0.25) is 0 Å². The normalized spacial score (nSPS) is 9.91. The van der Waals surface area contributed by atoms with Crippen LogP contribution in [-0.4, -0.2) is 30.0 Å². The van der Waals surface area contributed by atoms with Crippen LogP contribution in [0.25, 0.3) is 0 Å². The van der Waals surface area contributed by atoms with Gasteiger partial charge in [0.05, 0.1) is 0 Å². The van der Waals surface area contributed by atoms with Gasteiger partial charge in [-0.1, -0.05) is 12.1 Å². The molecule has 4 N–H and O–H groups in total. The Labute approximate surface area is 141 Å². The predicted molar refractivity (Wildman–Crippen MR) is 93.8 cm³/mol. The van der Waals surface area contributed by atoms with Gasteiger partial charge in [-0.3, -0.25) is 10.9 Å². The molecule has 0 saturated carbocycles. The summed E-state index contributed by atoms with van der Waals surface area (Å²) in [6.45, 7) is 4.62. The fraction of sp³-hybridized carbons (Fsp3) is 0.429. The lowest BCUT2D eigenvalue weighted by molar-refractivity contribution is 0.145. The Morgan fingerprint density at radius 1 is 1.09 bits per heavy atom. The van der Waals surface area contributed by atoms with Crippen molar-refractivity contribution in [2.75, 3.05) is 19.8 Å². The molecule has 0 aliphatic heterocycles. The van der Waals surface area contributed by atoms with Crippen molar-refractivity contribution in [3.8, 4) is 0 Å². The third-order valence-corrected chi connectivity index (χ3v) is 3.10. The molecule has 1 aromatic rings. The Hall–Kier alpha value is -1.51. The van der Waals surface area contributed by atoms with Crippen LogP contribution in [0.1, 0.15) is 18.9 Å². The molecule has 122 valence electrons. The van der Waals surface area contributed by atoms with Crippen molar-refractivity contribution in [2.45, 2.75) is 19.9 Å². The van der Waals surface area contributed by atoms with E-state index >= 15 is 0 Å². The van der Waals surface area contributed by atoms with Gasteiger partial charge in [-0.2, -0.15) is 0 Å². The van der Waals surface area contributed by atoms with Crippen LogP contribution in [0.15, 0.2) is 24.3 Å². The van der Waals surface area contributed by atoms with Gasteiger partial charge in [0.15, 0.2) is 10.2 Å². The Balaban J connectivity index is 2.09. The Morgan fingerprint density at radius 3 is 2.36 bits per heavy atom. The fourth-order valence-electron chi connectivity index (χ4n) is 1.51. The molecule has 0 aromatic heterocycles. The van der Waals surface area contributed by atoms with E-state index in [0.29, 0.717) is 23.4 Å². The second-order valence-corrected chi connectivity index (χ2v) is 5.18. The zero-order valence-electron chi connectivity index (χ0n) is 12.4. The highest BCUT2D eigenvalue weighted by atomic mass is 32.1. The average Bonchev–Trinajstić information content (AvgIpc) is 2.52. The molecule has 0 radical (unpaired) electrons. The summed E-state index contributed by atoms with van der Waals surface area (Å²) in [5.74, 6) is -0.258. The van der Waals surface area contributed by atoms with Crippen LogP contribution in [0.4, 0.5) is 4.39 Å². The van der Waals surface area contributed by atoms with E-state index in [0.717, 1.165) is 25.1 Å². The summed E-state index contributed by atoms with van der Waals surface area (Å²) in [6.07, 6.45) is 0.878. The van der Waals surface area contributed by atoms with Crippen LogP contribution < -0.4 is 21.5 Å². The van der Waals surface area contributed by atoms with Gasteiger partial charge in [0.25, 0.3) is 0 Å². The average molecular weight is 344 g/mol. The van der Waals surface area contributed by atoms with E-state index in [1.54, 1.807) is 12.1 Å². The van der Waals surface area contributed by atoms with Crippen molar-refractivity contribution in [3.63, 3.8) is 0 Å². The molecule has 1 aromatic carbocycles. The monoisotopic (exact) mass is 344 g/mol. The first-order chi connectivity index (χ1) is 10.6. The number of rotatable bonds is 7. The Kier molecular flexibility index (Phi) is 9.36. The minimum Gasteiger partial charge on any atom is -0.382 e. The Morgan fingerprint density at radius 2 is 1.73 bits per heavy atom. The van der Waals surface area contributed by atoms with E-state index in [2.05, 4.69) is 21.5 Å². The molecule has 22 heavy (non-hydrogen) atoms. The van der Waals surface area contributed by atoms with Gasteiger partial charge in [0, 0.05) is 26.3 Å². The highest BCUT2D eigenvalue weighted by Gasteiger charge is 1.99. The predicted octanol–water partition coefficient (Wildman–Crippen LogP) is 1.60. The maximum atomic E-state index is 12.8. The maximum absolute atomic E-state index is 12.8. The third kappa shape index (κ3) is 8.71. The lowest BCUT2D eigenvalue weighted by atomic mass is 10.2. The first-order valence-corrected chi connectivity index (χ1v) is 7.83. The van der Waals surface area contributed by atoms with Crippen molar-refractivity contribution in [2.24, 2.45) is 0 Å². The second-order valence-electron chi connectivity index (χ2n) is 4.37. The molecule has 0 spiro atoms. The number of ether oxygens (including phenoxy) is 1. The minimum absolute atomic E-state index is 0.258. The van der Waals surface area contributed by atoms with Gasteiger partial charge in [-0.25, -0.2) is 4.39 Å². The summed E-state index contributed by atoms with van der Waals surface area (Å²) in [4.78, 5) is 0. The molecule has 0 amide bonds. The van der Waals surface area contributed by atoms with Crippen LogP contribution >= 0.6 is 24.4 Å². The van der Waals surface area contributed by atoms with Gasteiger partial charge in [0.1, 0.15) is 5.82 Å². The number of benzene rings is 1. The van der Waals surface area contributed by atoms with E-state index in [4.69, 9.17) is 29.2 Å². The lowest BCUT2D eigenvalue weighted by Gasteiger charge is -2.14. The van der Waals surface area contributed by atoms with Crippen LogP contribution in [0.2, 0.25) is 0 Å². The third-order valence-electron chi connectivity index (χ3n) is 2.61. The highest BCUT2D eigenvalue weighted by molar-refractivity contribution is 7.80. The molecule has 8 heteroatoms. The largest absolute Gasteiger partial charge is 0.382 e. The molecular formula is C14H21FN4OS2. The molecule has 0 aliphatic carbocycles. The lowest BCUT2D eigenvalue weighted by Crippen LogP contribution is -2.50. The number of hydrazine groups is 1. The Bertz CT molecular complexity index is 470. The standard InChI is InChI=1S/C14H21FN4OS2/c1-2-20-9-3-8-16-13(21)18-19-14(22)17-10-11-4-6-12(15)7-5-11/h4-7H,2-3,8-10H2,1H3,(H2,16,18,21)(H2,17,19,22). The smallest absolute Gasteiger partial charge is 0.185 e. The fourth-order valence-corrected chi connectivity index (χ4v) is 1.78. The SMILES string of the molecule is CCOCCCNC(=S)NNC(=S)NCc1ccc(F)cc1. The number of thiocarbonyl (C=S) groups is 2. The molecule has 0 atom stereocenters. The van der Waals surface area contributed by atoms with E-state index in [1.807, 2.05) is 6.92 Å². The van der Waals surface area contributed by atoms with E-state index in [1.165, 1.54) is 12.1 Å². The zero-order chi connectivity index (χ0) is 16.2. The number of hydrogen-bond acceptors (Lipinski definition) is 3. The van der Waals surface area contributed by atoms with Gasteiger partial charge >= 0.3 is 0 Å². The molecule has 0 saturated heterocycles. The van der Waals surface area contributed by atoms with E-state index in [-0.39, 0.29) is 5.82 Å². The summed E-state index contributed by atoms with van der Waals surface area (Å²) in [5.41, 5.74) is 6.49. The van der Waals surface area contributed by atoms with Gasteiger partial charge in [-0.15, -0.1) is 0 Å². The zero-order valence-corrected chi connectivity index (χ0v) is 14.1. The van der Waals surface area contributed by atoms with Gasteiger partial charge < -0.3 is 15.4 Å². The van der Waals surface area contributed by atoms with Crippen LogP contribution in [-0.2, 0) is 11.3 Å². The van der Waals surface area contributed by atoms with Crippen molar-refractivity contribution >= 4 is 34.7 Å². The highest BCUT2D eigenvalue weighted by Crippen LogP contribution is 2.01. The molecule has 1 rings (SSSR count). The minimum atomic E-state index is -0.258. The summed E-state index contributed by atoms with van der Waals surface area (Å²) in [6, 6.07) is 6.21. The molecule has 0 unspecified atom stereocenters. The molecule has 0 bridgehead atoms. The summed E-state index contributed by atoms with van der Waals surface area (Å²) >= 11 is 10.2. The molecule has 5 nitrogen and oxygen atoms in total. The van der Waals surface area contributed by atoms with E-state index < -0.39 is 0 Å². The molecular weight excluding hydrogens is 323 g/mol. The number of hydrogen-bond donors (Lipinski definition) is 4. The van der Waals surface area contributed by atoms with Crippen LogP contribution in [0.3, 0.4) is 0 Å². The quantitative estimate of drug-likeness (QED) is 0.340. The molecule has 0 heterocycles. The molecule has 0 aliphatic rings. The van der Waals surface area contributed by atoms with E-state index in [9.17, 15) is 4.39 Å². The first kappa shape index (κ1) is 18.5. The maximum Gasteiger partial charge on any atom is 0.185 e.